The summed E-state index contributed by atoms with van der Waals surface area (Å²) in [5, 5.41) is 2.82. The number of hydrogen-bond acceptors (Lipinski definition) is 3. The molecule has 0 aliphatic carbocycles. The van der Waals surface area contributed by atoms with Gasteiger partial charge in [0.1, 0.15) is 17.0 Å². The molecule has 0 saturated carbocycles. The van der Waals surface area contributed by atoms with Crippen LogP contribution in [0.1, 0.15) is 10.4 Å². The van der Waals surface area contributed by atoms with Crippen LogP contribution in [0.4, 0.5) is 5.69 Å². The van der Waals surface area contributed by atoms with Crippen molar-refractivity contribution in [1.82, 2.24) is 0 Å². The predicted octanol–water partition coefficient (Wildman–Crippen LogP) is 3.68. The summed E-state index contributed by atoms with van der Waals surface area (Å²) in [5.41, 5.74) is 1.67. The lowest BCUT2D eigenvalue weighted by Crippen LogP contribution is -2.11. The van der Waals surface area contributed by atoms with Gasteiger partial charge < -0.3 is 14.8 Å². The van der Waals surface area contributed by atoms with Gasteiger partial charge in [0, 0.05) is 17.3 Å². The monoisotopic (exact) mass is 335 g/mol. The number of carbonyl (C=O) groups excluding carboxylic acids is 1. The molecule has 0 aliphatic rings. The second-order valence-electron chi connectivity index (χ2n) is 3.96. The van der Waals surface area contributed by atoms with Gasteiger partial charge >= 0.3 is 0 Å². The average Bonchev–Trinajstić information content (AvgIpc) is 2.48. The zero-order chi connectivity index (χ0) is 14.4. The molecule has 1 N–H and O–H groups in total. The minimum absolute atomic E-state index is 0.177. The molecule has 0 aliphatic heterocycles. The smallest absolute Gasteiger partial charge is 0.255 e. The first-order chi connectivity index (χ1) is 9.72. The molecule has 5 heteroatoms. The molecule has 0 atom stereocenters. The molecule has 0 spiro atoms. The largest absolute Gasteiger partial charge is 0.497 e. The van der Waals surface area contributed by atoms with E-state index in [9.17, 15) is 4.79 Å². The van der Waals surface area contributed by atoms with Crippen LogP contribution in [-0.2, 0) is 0 Å². The highest BCUT2D eigenvalue weighted by atomic mass is 79.9. The minimum atomic E-state index is -0.177. The van der Waals surface area contributed by atoms with Crippen LogP contribution in [0, 0.1) is 0 Å². The highest BCUT2D eigenvalue weighted by molar-refractivity contribution is 9.09. The third kappa shape index (κ3) is 3.74. The van der Waals surface area contributed by atoms with Crippen molar-refractivity contribution in [3.8, 4) is 11.5 Å². The molecule has 20 heavy (non-hydrogen) atoms. The van der Waals surface area contributed by atoms with Crippen molar-refractivity contribution >= 4 is 27.5 Å². The molecule has 2 aromatic carbocycles. The van der Waals surface area contributed by atoms with Gasteiger partial charge in [0.2, 0.25) is 0 Å². The van der Waals surface area contributed by atoms with E-state index in [1.54, 1.807) is 37.4 Å². The summed E-state index contributed by atoms with van der Waals surface area (Å²) in [7, 11) is 1.59. The van der Waals surface area contributed by atoms with Gasteiger partial charge in [0.15, 0.2) is 0 Å². The van der Waals surface area contributed by atoms with Crippen molar-refractivity contribution < 1.29 is 14.3 Å². The first kappa shape index (κ1) is 14.4. The lowest BCUT2D eigenvalue weighted by Gasteiger charge is -2.07. The first-order valence-corrected chi connectivity index (χ1v) is 7.09. The van der Waals surface area contributed by atoms with Gasteiger partial charge in [-0.1, -0.05) is 6.07 Å². The number of anilines is 1. The Morgan fingerprint density at radius 2 is 1.90 bits per heavy atom. The normalized spacial score (nSPS) is 9.90. The van der Waals surface area contributed by atoms with Crippen LogP contribution in [0.25, 0.3) is 0 Å². The van der Waals surface area contributed by atoms with Crippen molar-refractivity contribution in [3.63, 3.8) is 0 Å². The highest BCUT2D eigenvalue weighted by Crippen LogP contribution is 2.18. The number of amides is 1. The summed E-state index contributed by atoms with van der Waals surface area (Å²) in [4.78, 5) is 12.1. The van der Waals surface area contributed by atoms with Gasteiger partial charge in [-0.15, -0.1) is 0 Å². The average molecular weight is 336 g/mol. The van der Waals surface area contributed by atoms with Gasteiger partial charge in [-0.25, -0.2) is 0 Å². The summed E-state index contributed by atoms with van der Waals surface area (Å²) >= 11 is 3.18. The first-order valence-electron chi connectivity index (χ1n) is 5.97. The Kier molecular flexibility index (Phi) is 5.01. The molecule has 0 fully saturated rings. The quantitative estimate of drug-likeness (QED) is 0.848. The van der Waals surface area contributed by atoms with Crippen LogP contribution in [0.2, 0.25) is 0 Å². The molecule has 0 bridgehead atoms. The lowest BCUT2D eigenvalue weighted by molar-refractivity contribution is 0.102. The number of halogens is 1. The molecule has 0 radical (unpaired) electrons. The summed E-state index contributed by atoms with van der Waals surface area (Å²) < 4.78 is 10.4. The summed E-state index contributed by atoms with van der Waals surface area (Å²) in [6.45, 7) is 0. The second kappa shape index (κ2) is 6.96. The van der Waals surface area contributed by atoms with E-state index in [1.165, 1.54) is 0 Å². The summed E-state index contributed by atoms with van der Waals surface area (Å²) in [6, 6.07) is 14.1. The van der Waals surface area contributed by atoms with Gasteiger partial charge in [-0.3, -0.25) is 4.79 Å². The fraction of sp³-hybridized carbons (Fsp3) is 0.133. The van der Waals surface area contributed by atoms with Crippen LogP contribution in [0.5, 0.6) is 11.5 Å². The molecule has 2 aromatic rings. The van der Waals surface area contributed by atoms with Gasteiger partial charge in [-0.05, 0) is 52.3 Å². The van der Waals surface area contributed by atoms with E-state index in [-0.39, 0.29) is 5.91 Å². The summed E-state index contributed by atoms with van der Waals surface area (Å²) in [6.07, 6.45) is 0. The zero-order valence-corrected chi connectivity index (χ0v) is 12.5. The Labute approximate surface area is 125 Å². The third-order valence-electron chi connectivity index (χ3n) is 2.67. The Bertz CT molecular complexity index is 584. The van der Waals surface area contributed by atoms with Gasteiger partial charge in [-0.2, -0.15) is 0 Å². The maximum Gasteiger partial charge on any atom is 0.255 e. The fourth-order valence-electron chi connectivity index (χ4n) is 1.67. The van der Waals surface area contributed by atoms with Crippen LogP contribution < -0.4 is 14.8 Å². The van der Waals surface area contributed by atoms with E-state index in [0.717, 1.165) is 0 Å². The molecule has 0 unspecified atom stereocenters. The maximum atomic E-state index is 12.1. The van der Waals surface area contributed by atoms with Crippen molar-refractivity contribution in [1.29, 1.82) is 0 Å². The number of alkyl halides is 1. The predicted molar refractivity (Wildman–Crippen MR) is 81.8 cm³/mol. The number of carbonyl (C=O) groups is 1. The molecule has 0 aromatic heterocycles. The molecule has 104 valence electrons. The molecular weight excluding hydrogens is 322 g/mol. The fourth-order valence-corrected chi connectivity index (χ4v) is 1.93. The van der Waals surface area contributed by atoms with Crippen LogP contribution in [0.15, 0.2) is 48.5 Å². The number of benzene rings is 2. The van der Waals surface area contributed by atoms with E-state index in [2.05, 4.69) is 21.2 Å². The zero-order valence-electron chi connectivity index (χ0n) is 10.9. The Morgan fingerprint density at radius 1 is 1.15 bits per heavy atom. The van der Waals surface area contributed by atoms with E-state index in [1.807, 2.05) is 18.2 Å². The van der Waals surface area contributed by atoms with E-state index < -0.39 is 0 Å². The number of ether oxygens (including phenoxy) is 2. The Morgan fingerprint density at radius 3 is 2.55 bits per heavy atom. The number of nitrogens with one attached hydrogen (secondary N) is 1. The molecule has 0 saturated heterocycles. The number of methoxy groups -OCH3 is 1. The van der Waals surface area contributed by atoms with Crippen molar-refractivity contribution in [3.05, 3.63) is 54.1 Å². The maximum absolute atomic E-state index is 12.1. The molecule has 4 nitrogen and oxygen atoms in total. The molecule has 0 heterocycles. The molecule has 1 amide bonds. The van der Waals surface area contributed by atoms with E-state index >= 15 is 0 Å². The topological polar surface area (TPSA) is 47.6 Å². The van der Waals surface area contributed by atoms with Crippen molar-refractivity contribution in [2.75, 3.05) is 17.9 Å². The van der Waals surface area contributed by atoms with Crippen molar-refractivity contribution in [2.24, 2.45) is 0 Å². The SMILES string of the molecule is COc1cccc(NC(=O)c2ccc(OCBr)cc2)c1. The number of rotatable bonds is 5. The standard InChI is InChI=1S/C15H14BrNO3/c1-19-14-4-2-3-12(9-14)17-15(18)11-5-7-13(8-6-11)20-10-16/h2-9H,10H2,1H3,(H,17,18). The van der Waals surface area contributed by atoms with E-state index in [0.29, 0.717) is 28.3 Å². The molecular formula is C15H14BrNO3. The second-order valence-corrected chi connectivity index (χ2v) is 4.42. The van der Waals surface area contributed by atoms with Gasteiger partial charge in [0.05, 0.1) is 7.11 Å². The minimum Gasteiger partial charge on any atom is -0.497 e. The highest BCUT2D eigenvalue weighted by Gasteiger charge is 2.06. The Balaban J connectivity index is 2.07. The van der Waals surface area contributed by atoms with Crippen molar-refractivity contribution in [2.45, 2.75) is 0 Å². The summed E-state index contributed by atoms with van der Waals surface area (Å²) in [5.74, 6) is 1.23. The molecule has 2 rings (SSSR count). The van der Waals surface area contributed by atoms with Crippen LogP contribution >= 0.6 is 15.9 Å². The van der Waals surface area contributed by atoms with Gasteiger partial charge in [0.25, 0.3) is 5.91 Å². The Hall–Kier alpha value is -2.01. The van der Waals surface area contributed by atoms with Crippen LogP contribution in [-0.4, -0.2) is 18.5 Å². The number of hydrogen-bond donors (Lipinski definition) is 1. The van der Waals surface area contributed by atoms with E-state index in [4.69, 9.17) is 9.47 Å². The third-order valence-corrected chi connectivity index (χ3v) is 2.89. The van der Waals surface area contributed by atoms with Crippen LogP contribution in [0.3, 0.4) is 0 Å². The lowest BCUT2D eigenvalue weighted by atomic mass is 10.2.